The van der Waals surface area contributed by atoms with E-state index >= 15 is 0 Å². The van der Waals surface area contributed by atoms with Crippen molar-refractivity contribution in [3.05, 3.63) is 268 Å². The molecular formula is C63H66NiP3+3. The van der Waals surface area contributed by atoms with Crippen molar-refractivity contribution in [1.29, 1.82) is 0 Å². The summed E-state index contributed by atoms with van der Waals surface area (Å²) < 4.78 is 0. The third-order valence-electron chi connectivity index (χ3n) is 12.1. The molecule has 0 aliphatic carbocycles. The Morgan fingerprint density at radius 3 is 0.299 bits per heavy atom. The molecule has 0 saturated carbocycles. The van der Waals surface area contributed by atoms with Crippen molar-refractivity contribution >= 4 is 71.5 Å². The van der Waals surface area contributed by atoms with Crippen LogP contribution in [0.2, 0.25) is 0 Å². The molecule has 0 nitrogen and oxygen atoms in total. The quantitative estimate of drug-likeness (QED) is 0.0999. The summed E-state index contributed by atoms with van der Waals surface area (Å²) in [4.78, 5) is 0. The van der Waals surface area contributed by atoms with Gasteiger partial charge in [0, 0.05) is 16.5 Å². The van der Waals surface area contributed by atoms with Crippen molar-refractivity contribution in [2.45, 2.75) is 62.3 Å². The molecule has 0 heterocycles. The molecule has 340 valence electrons. The van der Waals surface area contributed by atoms with Gasteiger partial charge in [-0.2, -0.15) is 0 Å². The Morgan fingerprint density at radius 1 is 0.149 bits per heavy atom. The molecule has 0 radical (unpaired) electrons. The minimum Gasteiger partial charge on any atom is -0.0554 e. The molecule has 0 atom stereocenters. The molecule has 9 aromatic carbocycles. The van der Waals surface area contributed by atoms with Crippen LogP contribution in [0.5, 0.6) is 0 Å². The molecular weight excluding hydrogens is 908 g/mol. The monoisotopic (exact) mass is 973 g/mol. The van der Waals surface area contributed by atoms with E-state index in [1.54, 1.807) is 0 Å². The van der Waals surface area contributed by atoms with Crippen LogP contribution in [-0.2, 0) is 16.5 Å². The Bertz CT molecular complexity index is 2220. The second-order valence-electron chi connectivity index (χ2n) is 17.9. The van der Waals surface area contributed by atoms with E-state index in [1.807, 2.05) is 0 Å². The average Bonchev–Trinajstić information content (AvgIpc) is 3.33. The molecule has 0 aliphatic rings. The van der Waals surface area contributed by atoms with Crippen molar-refractivity contribution < 1.29 is 16.5 Å². The van der Waals surface area contributed by atoms with Crippen LogP contribution in [0, 0.1) is 62.3 Å². The van der Waals surface area contributed by atoms with E-state index in [-0.39, 0.29) is 16.5 Å². The minimum absolute atomic E-state index is 0. The van der Waals surface area contributed by atoms with Gasteiger partial charge in [-0.1, -0.05) is 159 Å². The Morgan fingerprint density at radius 2 is 0.224 bits per heavy atom. The fourth-order valence-corrected chi connectivity index (χ4v) is 15.5. The number of aryl methyl sites for hydroxylation is 9. The molecule has 0 saturated heterocycles. The van der Waals surface area contributed by atoms with E-state index in [1.165, 1.54) is 97.8 Å². The van der Waals surface area contributed by atoms with E-state index < -0.39 is 23.8 Å². The van der Waals surface area contributed by atoms with E-state index in [2.05, 4.69) is 281 Å². The van der Waals surface area contributed by atoms with Gasteiger partial charge in [-0.15, -0.1) is 0 Å². The van der Waals surface area contributed by atoms with Crippen molar-refractivity contribution in [3.63, 3.8) is 0 Å². The Labute approximate surface area is 416 Å². The Kier molecular flexibility index (Phi) is 18.9. The van der Waals surface area contributed by atoms with Crippen LogP contribution in [0.3, 0.4) is 0 Å². The van der Waals surface area contributed by atoms with Crippen LogP contribution in [0.15, 0.2) is 218 Å². The van der Waals surface area contributed by atoms with Gasteiger partial charge in [-0.3, -0.25) is 0 Å². The Hall–Kier alpha value is -5.24. The predicted octanol–water partition coefficient (Wildman–Crippen LogP) is 12.3. The topological polar surface area (TPSA) is 0 Å². The summed E-state index contributed by atoms with van der Waals surface area (Å²) in [5, 5.41) is 13.0. The van der Waals surface area contributed by atoms with Crippen molar-refractivity contribution in [1.82, 2.24) is 0 Å². The summed E-state index contributed by atoms with van der Waals surface area (Å²) >= 11 is 0. The van der Waals surface area contributed by atoms with Crippen molar-refractivity contribution in [2.75, 3.05) is 0 Å². The van der Waals surface area contributed by atoms with Crippen LogP contribution >= 0.6 is 23.8 Å². The van der Waals surface area contributed by atoms with Crippen LogP contribution in [0.25, 0.3) is 0 Å². The van der Waals surface area contributed by atoms with Crippen LogP contribution < -0.4 is 47.7 Å². The molecule has 0 aromatic heterocycles. The summed E-state index contributed by atoms with van der Waals surface area (Å²) in [7, 11) is -2.78. The largest absolute Gasteiger partial charge is 0.102 e. The maximum atomic E-state index is 2.29. The molecule has 0 bridgehead atoms. The second-order valence-corrected chi connectivity index (χ2v) is 25.4. The molecule has 0 unspecified atom stereocenters. The van der Waals surface area contributed by atoms with Gasteiger partial charge in [-0.25, -0.2) is 0 Å². The zero-order chi connectivity index (χ0) is 46.6. The zero-order valence-electron chi connectivity index (χ0n) is 40.6. The summed E-state index contributed by atoms with van der Waals surface area (Å²) in [5.74, 6) is 0. The fraction of sp³-hybridized carbons (Fsp3) is 0.143. The van der Waals surface area contributed by atoms with Crippen LogP contribution in [0.4, 0.5) is 0 Å². The fourth-order valence-electron chi connectivity index (χ4n) is 7.98. The van der Waals surface area contributed by atoms with Gasteiger partial charge in [0.15, 0.2) is 0 Å². The molecule has 0 aliphatic heterocycles. The summed E-state index contributed by atoms with van der Waals surface area (Å²) in [6.45, 7) is 19.3. The number of rotatable bonds is 9. The molecule has 67 heavy (non-hydrogen) atoms. The standard InChI is InChI=1S/3C21H21P.Ni/c3*1-16-4-10-19(11-5-16)22(20-12-6-17(2)7-13-20)21-14-8-18(3)9-15-21;/h3*4-15H,1-3H3;/p+3. The normalized spacial score (nSPS) is 10.7. The van der Waals surface area contributed by atoms with E-state index in [0.29, 0.717) is 0 Å². The maximum absolute atomic E-state index is 2.29. The van der Waals surface area contributed by atoms with Gasteiger partial charge >= 0.3 is 0 Å². The van der Waals surface area contributed by atoms with Gasteiger partial charge in [0.25, 0.3) is 0 Å². The molecule has 4 heteroatoms. The van der Waals surface area contributed by atoms with E-state index in [0.717, 1.165) is 0 Å². The molecule has 9 rings (SSSR count). The van der Waals surface area contributed by atoms with Crippen LogP contribution in [-0.4, -0.2) is 0 Å². The van der Waals surface area contributed by atoms with Crippen molar-refractivity contribution in [2.24, 2.45) is 0 Å². The van der Waals surface area contributed by atoms with E-state index in [9.17, 15) is 0 Å². The second kappa shape index (κ2) is 24.7. The first-order valence-electron chi connectivity index (χ1n) is 23.1. The maximum Gasteiger partial charge on any atom is 0.102 e. The number of hydrogen-bond acceptors (Lipinski definition) is 0. The first-order chi connectivity index (χ1) is 31.9. The van der Waals surface area contributed by atoms with Gasteiger partial charge < -0.3 is 0 Å². The third kappa shape index (κ3) is 14.4. The number of benzene rings is 9. The summed E-state index contributed by atoms with van der Waals surface area (Å²) in [6.07, 6.45) is 0. The average molecular weight is 975 g/mol. The summed E-state index contributed by atoms with van der Waals surface area (Å²) in [5.41, 5.74) is 11.9. The van der Waals surface area contributed by atoms with Gasteiger partial charge in [0.05, 0.1) is 23.8 Å². The van der Waals surface area contributed by atoms with E-state index in [4.69, 9.17) is 0 Å². The third-order valence-corrected chi connectivity index (χ3v) is 20.3. The number of hydrogen-bond donors (Lipinski definition) is 0. The SMILES string of the molecule is Cc1ccc([PH+](c2ccc(C)cc2)c2ccc(C)cc2)cc1.Cc1ccc([PH+](c2ccc(C)cc2)c2ccc(C)cc2)cc1.Cc1ccc([PH+](c2ccc(C)cc2)c2ccc(C)cc2)cc1.[Ni]. The van der Waals surface area contributed by atoms with Gasteiger partial charge in [-0.05, 0) is 172 Å². The van der Waals surface area contributed by atoms with Crippen molar-refractivity contribution in [3.8, 4) is 0 Å². The molecule has 0 N–H and O–H groups in total. The van der Waals surface area contributed by atoms with Gasteiger partial charge in [0.2, 0.25) is 0 Å². The predicted molar refractivity (Wildman–Crippen MR) is 302 cm³/mol. The molecule has 0 spiro atoms. The molecule has 9 aromatic rings. The molecule has 0 fully saturated rings. The smallest absolute Gasteiger partial charge is 0.0554 e. The zero-order valence-corrected chi connectivity index (χ0v) is 44.6. The minimum atomic E-state index is -0.927. The summed E-state index contributed by atoms with van der Waals surface area (Å²) in [6, 6.07) is 81.4. The first kappa shape index (κ1) is 51.2. The Balaban J connectivity index is 0.000000165. The first-order valence-corrected chi connectivity index (χ1v) is 27.6. The molecule has 0 amide bonds. The van der Waals surface area contributed by atoms with Crippen LogP contribution in [0.1, 0.15) is 50.1 Å². The van der Waals surface area contributed by atoms with Gasteiger partial charge in [0.1, 0.15) is 47.7 Å².